The number of ether oxygens (including phenoxy) is 15. The molecule has 0 aromatic heterocycles. The predicted octanol–water partition coefficient (Wildman–Crippen LogP) is -17.7. The van der Waals surface area contributed by atoms with Gasteiger partial charge in [0.2, 0.25) is 29.5 Å². The van der Waals surface area contributed by atoms with E-state index in [4.69, 9.17) is 71.1 Å². The van der Waals surface area contributed by atoms with Crippen LogP contribution in [0.15, 0.2) is 0 Å². The maximum absolute atomic E-state index is 13.0. The van der Waals surface area contributed by atoms with Gasteiger partial charge in [-0.15, -0.1) is 0 Å². The van der Waals surface area contributed by atoms with Crippen molar-refractivity contribution in [3.05, 3.63) is 0 Å². The van der Waals surface area contributed by atoms with Crippen LogP contribution in [0, 0.1) is 0 Å². The lowest BCUT2D eigenvalue weighted by molar-refractivity contribution is -0.396. The van der Waals surface area contributed by atoms with Gasteiger partial charge in [-0.25, -0.2) is 0 Å². The highest BCUT2D eigenvalue weighted by Crippen LogP contribution is 2.39. The molecule has 8 rings (SSSR count). The molecule has 0 saturated carbocycles. The molecule has 0 bridgehead atoms. The Morgan fingerprint density at radius 1 is 0.250 bits per heavy atom. The van der Waals surface area contributed by atoms with Gasteiger partial charge in [0.15, 0.2) is 50.3 Å². The van der Waals surface area contributed by atoms with Crippen molar-refractivity contribution in [1.29, 1.82) is 0 Å². The zero-order valence-corrected chi connectivity index (χ0v) is 56.3. The molecule has 26 N–H and O–H groups in total. The molecular weight excluding hydrogens is 1420 g/mol. The number of hydrogen-bond acceptors (Lipinski definition) is 41. The van der Waals surface area contributed by atoms with Gasteiger partial charge in [0.05, 0.1) is 52.9 Å². The zero-order chi connectivity index (χ0) is 76.8. The van der Waals surface area contributed by atoms with Gasteiger partial charge in [-0.3, -0.25) is 24.0 Å². The maximum atomic E-state index is 13.0. The molecule has 0 radical (unpaired) electrons. The van der Waals surface area contributed by atoms with Crippen LogP contribution >= 0.6 is 0 Å². The maximum Gasteiger partial charge on any atom is 0.217 e. The lowest BCUT2D eigenvalue weighted by Crippen LogP contribution is -2.70. The molecule has 8 aliphatic rings. The van der Waals surface area contributed by atoms with Gasteiger partial charge < -0.3 is 205 Å². The van der Waals surface area contributed by atoms with Crippen LogP contribution < -0.4 is 26.6 Å². The normalized spacial score (nSPS) is 47.2. The van der Waals surface area contributed by atoms with E-state index in [9.17, 15) is 131 Å². The quantitative estimate of drug-likeness (QED) is 0.0363. The van der Waals surface area contributed by atoms with Crippen molar-refractivity contribution in [2.24, 2.45) is 0 Å². The zero-order valence-electron chi connectivity index (χ0n) is 56.3. The first kappa shape index (κ1) is 85.5. The largest absolute Gasteiger partial charge is 0.394 e. The summed E-state index contributed by atoms with van der Waals surface area (Å²) in [6.45, 7) is -3.40. The fourth-order valence-corrected chi connectivity index (χ4v) is 13.3. The average molecular weight is 1520 g/mol. The average Bonchev–Trinajstić information content (AvgIpc) is 0.772. The monoisotopic (exact) mass is 1520 g/mol. The molecule has 5 amide bonds. The van der Waals surface area contributed by atoms with Crippen LogP contribution in [0.1, 0.15) is 34.6 Å². The van der Waals surface area contributed by atoms with Crippen LogP contribution in [0.3, 0.4) is 0 Å². The molecule has 0 aromatic rings. The van der Waals surface area contributed by atoms with Gasteiger partial charge in [0.25, 0.3) is 0 Å². The molecule has 46 nitrogen and oxygen atoms in total. The van der Waals surface area contributed by atoms with Crippen LogP contribution in [0.4, 0.5) is 0 Å². The molecule has 8 aliphatic heterocycles. The Balaban J connectivity index is 1.18. The van der Waals surface area contributed by atoms with E-state index in [1.165, 1.54) is 0 Å². The van der Waals surface area contributed by atoms with Crippen LogP contribution in [0.25, 0.3) is 0 Å². The smallest absolute Gasteiger partial charge is 0.217 e. The fraction of sp³-hybridized carbons (Fsp3) is 0.914. The minimum Gasteiger partial charge on any atom is -0.394 e. The lowest BCUT2D eigenvalue weighted by atomic mass is 9.93. The van der Waals surface area contributed by atoms with Gasteiger partial charge in [0, 0.05) is 34.6 Å². The topological polar surface area (TPSA) is 709 Å². The summed E-state index contributed by atoms with van der Waals surface area (Å²) in [7, 11) is 0. The second kappa shape index (κ2) is 37.5. The van der Waals surface area contributed by atoms with Crippen molar-refractivity contribution in [1.82, 2.24) is 26.6 Å². The molecule has 8 heterocycles. The van der Waals surface area contributed by atoms with Crippen molar-refractivity contribution in [3.63, 3.8) is 0 Å². The van der Waals surface area contributed by atoms with E-state index in [0.29, 0.717) is 0 Å². The number of carbonyl (C=O) groups excluding carboxylic acids is 5. The molecule has 0 aliphatic carbocycles. The number of aliphatic hydroxyl groups excluding tert-OH is 21. The number of carbonyl (C=O) groups is 5. The van der Waals surface area contributed by atoms with Crippen molar-refractivity contribution in [2.75, 3.05) is 52.9 Å². The van der Waals surface area contributed by atoms with Crippen molar-refractivity contribution in [2.45, 2.75) is 280 Å². The highest BCUT2D eigenvalue weighted by molar-refractivity contribution is 5.75. The van der Waals surface area contributed by atoms with Crippen LogP contribution in [0.5, 0.6) is 0 Å². The molecule has 0 spiro atoms. The van der Waals surface area contributed by atoms with Crippen molar-refractivity contribution < 1.29 is 202 Å². The number of rotatable bonds is 27. The van der Waals surface area contributed by atoms with E-state index in [2.05, 4.69) is 26.6 Å². The number of hydrogen-bond donors (Lipinski definition) is 26. The molecule has 8 saturated heterocycles. The fourth-order valence-electron chi connectivity index (χ4n) is 13.3. The van der Waals surface area contributed by atoms with Crippen molar-refractivity contribution in [3.8, 4) is 0 Å². The summed E-state index contributed by atoms with van der Waals surface area (Å²) < 4.78 is 89.4. The lowest BCUT2D eigenvalue weighted by Gasteiger charge is -2.51. The molecule has 600 valence electrons. The number of nitrogens with one attached hydrogen (secondary N) is 5. The first-order valence-corrected chi connectivity index (χ1v) is 33.1. The van der Waals surface area contributed by atoms with Crippen LogP contribution in [-0.2, 0) is 95.0 Å². The van der Waals surface area contributed by atoms with Crippen LogP contribution in [-0.4, -0.2) is 435 Å². The number of amides is 5. The molecule has 0 aromatic carbocycles. The predicted molar refractivity (Wildman–Crippen MR) is 322 cm³/mol. The summed E-state index contributed by atoms with van der Waals surface area (Å²) in [5.74, 6) is -4.21. The second-order valence-corrected chi connectivity index (χ2v) is 26.1. The van der Waals surface area contributed by atoms with Gasteiger partial charge in [-0.2, -0.15) is 0 Å². The Bertz CT molecular complexity index is 2770. The van der Waals surface area contributed by atoms with Gasteiger partial charge in [-0.1, -0.05) is 0 Å². The Hall–Kier alpha value is -4.09. The summed E-state index contributed by atoms with van der Waals surface area (Å²) in [6.07, 6.45) is -71.6. The first-order chi connectivity index (χ1) is 49.1. The van der Waals surface area contributed by atoms with E-state index in [1.54, 1.807) is 0 Å². The highest BCUT2D eigenvalue weighted by atomic mass is 16.8. The summed E-state index contributed by atoms with van der Waals surface area (Å²) in [4.78, 5) is 62.4. The van der Waals surface area contributed by atoms with E-state index in [0.717, 1.165) is 34.6 Å². The summed E-state index contributed by atoms with van der Waals surface area (Å²) in [5.41, 5.74) is 0. The Morgan fingerprint density at radius 2 is 0.519 bits per heavy atom. The van der Waals surface area contributed by atoms with Gasteiger partial charge in [-0.05, 0) is 0 Å². The van der Waals surface area contributed by atoms with Gasteiger partial charge in [0.1, 0.15) is 195 Å². The van der Waals surface area contributed by atoms with E-state index in [1.807, 2.05) is 0 Å². The summed E-state index contributed by atoms with van der Waals surface area (Å²) in [6, 6.07) is -8.69. The Labute approximate surface area is 589 Å². The summed E-state index contributed by atoms with van der Waals surface area (Å²) >= 11 is 0. The van der Waals surface area contributed by atoms with E-state index in [-0.39, 0.29) is 0 Å². The van der Waals surface area contributed by atoms with Crippen LogP contribution in [0.2, 0.25) is 0 Å². The third kappa shape index (κ3) is 19.4. The molecule has 40 atom stereocenters. The Kier molecular flexibility index (Phi) is 30.9. The minimum atomic E-state index is -2.53. The SMILES string of the molecule is CC(=O)N[C@@H]1[C@H](O[C@@H]2[C@@H](O[C@@H]3[C@H](O)[C@H](O[C@H]4[C@H](O)[C@@H](NC(C)=O)[C@H](O[C@H]5[C@H](O)[C@@H](NC(C)=O)C(O)O[C@@H]5CO)O[C@@H]4CO)O[C@H](CO[C@H]4O[C@H](CO[C@@H]5O[C@H](CO)[C@@H](O)[C@H](O)[C@H]5NC(C)=O)[C@@H](O)[C@H](O)[C@@H]4O[C@@H]4O[C@H](CO)[C@@H](O)[C@H](O)[C@H]4NC(C)=O)[C@H]3O)O[C@H](CO)[C@@H](O)[C@@H]2O)O[C@H](CO)[C@@H](O)[C@@H]1O. The molecule has 8 fully saturated rings. The highest BCUT2D eigenvalue weighted by Gasteiger charge is 2.60. The third-order valence-electron chi connectivity index (χ3n) is 18.6. The van der Waals surface area contributed by atoms with E-state index >= 15 is 0 Å². The first-order valence-electron chi connectivity index (χ1n) is 33.1. The molecule has 1 unspecified atom stereocenters. The standard InChI is InChI=1S/C58H97N5O41/c1-14(70)59-27-41(84)46(23(10-68)92-51(27)89)100-55-31(63-18(5)74)42(85)47(24(11-69)97-55)101-56-45(88)48(102-58-50(43(86)35(78)22(9-67)96-58)104-54-30(62-17(4)73)40(83)34(77)21(8-66)95-54)37(80)26(98-56)13-91-57-49(103-53-29(61-16(3)72)39(82)33(76)20(7-65)94-53)44(87)36(79)25(99-57)12-90-52-28(60-15(2)71)38(81)32(75)19(6-64)93-52/h19-58,64-69,75-89H,6-13H2,1-5H3,(H,59,70)(H,60,71)(H,61,72)(H,62,73)(H,63,74)/t19-,20-,21-,22-,23-,24-,25-,26-,27-,28-,29-,30+,31-,32-,33-,34-,35-,36-,37-,38-,39-,40-,41-,42-,43+,44+,45+,46-,47-,48+,49+,50+,51?,52-,53+,54+,55+,56+,57+,58-/m1/s1. The second-order valence-electron chi connectivity index (χ2n) is 26.1. The molecule has 104 heavy (non-hydrogen) atoms. The summed E-state index contributed by atoms with van der Waals surface area (Å²) in [5, 5.41) is 246. The third-order valence-corrected chi connectivity index (χ3v) is 18.6. The Morgan fingerprint density at radius 3 is 0.942 bits per heavy atom. The van der Waals surface area contributed by atoms with Gasteiger partial charge >= 0.3 is 0 Å². The van der Waals surface area contributed by atoms with Crippen molar-refractivity contribution >= 4 is 29.5 Å². The molecule has 46 heteroatoms. The van der Waals surface area contributed by atoms with E-state index < -0.39 is 328 Å². The minimum absolute atomic E-state index is 0.775. The molecular formula is C58H97N5O41. The number of aliphatic hydroxyl groups is 21.